The Morgan fingerprint density at radius 2 is 2.25 bits per heavy atom. The van der Waals surface area contributed by atoms with Gasteiger partial charge in [0.25, 0.3) is 0 Å². The molecule has 1 N–H and O–H groups in total. The first-order valence-electron chi connectivity index (χ1n) is 5.85. The van der Waals surface area contributed by atoms with Crippen LogP contribution in [0, 0.1) is 6.92 Å². The highest BCUT2D eigenvalue weighted by Gasteiger charge is 2.15. The van der Waals surface area contributed by atoms with Gasteiger partial charge in [0.05, 0.1) is 11.9 Å². The first-order chi connectivity index (χ1) is 9.47. The number of esters is 1. The number of rotatable bonds is 4. The second-order valence-electron chi connectivity index (χ2n) is 4.17. The molecule has 0 saturated carbocycles. The van der Waals surface area contributed by atoms with Crippen molar-refractivity contribution in [2.45, 2.75) is 20.5 Å². The molecule has 0 aliphatic carbocycles. The Hall–Kier alpha value is -2.22. The normalized spacial score (nSPS) is 10.3. The third-order valence-electron chi connectivity index (χ3n) is 2.64. The number of carbonyl (C=O) groups excluding carboxylic acids is 2. The maximum atomic E-state index is 11.9. The predicted octanol–water partition coefficient (Wildman–Crippen LogP) is 1.50. The monoisotopic (exact) mass is 294 g/mol. The van der Waals surface area contributed by atoms with Crippen LogP contribution in [0.3, 0.4) is 0 Å². The van der Waals surface area contributed by atoms with E-state index in [2.05, 4.69) is 15.4 Å². The Kier molecular flexibility index (Phi) is 4.14. The molecule has 2 aromatic rings. The predicted molar refractivity (Wildman–Crippen MR) is 73.5 cm³/mol. The standard InChI is InChI=1S/C12H14N4O3S/c1-7-10(4-13-16(7)3)11(18)19-5-9-6-20-12(15-9)14-8(2)17/h4,6H,5H2,1-3H3,(H,14,15,17). The van der Waals surface area contributed by atoms with Crippen molar-refractivity contribution in [3.8, 4) is 0 Å². The molecule has 7 nitrogen and oxygen atoms in total. The van der Waals surface area contributed by atoms with Gasteiger partial charge in [-0.25, -0.2) is 9.78 Å². The van der Waals surface area contributed by atoms with E-state index in [0.29, 0.717) is 16.4 Å². The summed E-state index contributed by atoms with van der Waals surface area (Å²) < 4.78 is 6.77. The smallest absolute Gasteiger partial charge is 0.342 e. The number of nitrogens with one attached hydrogen (secondary N) is 1. The van der Waals surface area contributed by atoms with Gasteiger partial charge in [0.15, 0.2) is 5.13 Å². The molecule has 0 atom stereocenters. The summed E-state index contributed by atoms with van der Waals surface area (Å²) in [5.74, 6) is -0.626. The van der Waals surface area contributed by atoms with Gasteiger partial charge < -0.3 is 10.1 Å². The second kappa shape index (κ2) is 5.83. The summed E-state index contributed by atoms with van der Waals surface area (Å²) in [7, 11) is 1.76. The maximum Gasteiger partial charge on any atom is 0.342 e. The quantitative estimate of drug-likeness (QED) is 0.864. The van der Waals surface area contributed by atoms with Crippen LogP contribution in [0.4, 0.5) is 5.13 Å². The molecular formula is C12H14N4O3S. The third-order valence-corrected chi connectivity index (χ3v) is 3.45. The lowest BCUT2D eigenvalue weighted by atomic mass is 10.3. The summed E-state index contributed by atoms with van der Waals surface area (Å²) in [4.78, 5) is 26.9. The summed E-state index contributed by atoms with van der Waals surface area (Å²) >= 11 is 1.28. The van der Waals surface area contributed by atoms with Crippen LogP contribution in [0.2, 0.25) is 0 Å². The van der Waals surface area contributed by atoms with E-state index in [4.69, 9.17) is 4.74 Å². The molecule has 2 heterocycles. The molecule has 0 saturated heterocycles. The third kappa shape index (κ3) is 3.21. The molecular weight excluding hydrogens is 280 g/mol. The van der Waals surface area contributed by atoms with Crippen LogP contribution in [-0.2, 0) is 23.2 Å². The number of amides is 1. The Balaban J connectivity index is 1.95. The fraction of sp³-hybridized carbons (Fsp3) is 0.333. The van der Waals surface area contributed by atoms with Crippen LogP contribution in [0.5, 0.6) is 0 Å². The molecule has 0 unspecified atom stereocenters. The minimum absolute atomic E-state index is 0.0588. The van der Waals surface area contributed by atoms with Crippen molar-refractivity contribution in [3.05, 3.63) is 28.5 Å². The van der Waals surface area contributed by atoms with Gasteiger partial charge in [0, 0.05) is 25.0 Å². The zero-order valence-electron chi connectivity index (χ0n) is 11.3. The average molecular weight is 294 g/mol. The van der Waals surface area contributed by atoms with Crippen LogP contribution in [0.15, 0.2) is 11.6 Å². The van der Waals surface area contributed by atoms with E-state index in [1.54, 1.807) is 24.0 Å². The van der Waals surface area contributed by atoms with Crippen LogP contribution in [-0.4, -0.2) is 26.6 Å². The van der Waals surface area contributed by atoms with Crippen LogP contribution in [0.1, 0.15) is 28.7 Å². The Bertz CT molecular complexity index is 647. The summed E-state index contributed by atoms with van der Waals surface area (Å²) in [5.41, 5.74) is 1.77. The van der Waals surface area contributed by atoms with E-state index < -0.39 is 5.97 Å². The number of hydrogen-bond donors (Lipinski definition) is 1. The van der Waals surface area contributed by atoms with E-state index in [0.717, 1.165) is 5.69 Å². The molecule has 0 aliphatic rings. The fourth-order valence-corrected chi connectivity index (χ4v) is 2.24. The van der Waals surface area contributed by atoms with Gasteiger partial charge in [0.1, 0.15) is 12.2 Å². The molecule has 0 fully saturated rings. The maximum absolute atomic E-state index is 11.9. The molecule has 0 aromatic carbocycles. The van der Waals surface area contributed by atoms with Gasteiger partial charge in [0.2, 0.25) is 5.91 Å². The number of aromatic nitrogens is 3. The Morgan fingerprint density at radius 3 is 2.85 bits per heavy atom. The van der Waals surface area contributed by atoms with Gasteiger partial charge in [-0.1, -0.05) is 0 Å². The van der Waals surface area contributed by atoms with Crippen molar-refractivity contribution in [3.63, 3.8) is 0 Å². The number of hydrogen-bond acceptors (Lipinski definition) is 6. The van der Waals surface area contributed by atoms with E-state index >= 15 is 0 Å². The number of nitrogens with zero attached hydrogens (tertiary/aromatic N) is 3. The number of aryl methyl sites for hydroxylation is 1. The largest absolute Gasteiger partial charge is 0.455 e. The zero-order valence-corrected chi connectivity index (χ0v) is 12.2. The molecule has 1 amide bonds. The summed E-state index contributed by atoms with van der Waals surface area (Å²) in [6, 6.07) is 0. The van der Waals surface area contributed by atoms with E-state index in [1.165, 1.54) is 24.5 Å². The van der Waals surface area contributed by atoms with Crippen molar-refractivity contribution >= 4 is 28.3 Å². The molecule has 2 aromatic heterocycles. The van der Waals surface area contributed by atoms with Crippen LogP contribution >= 0.6 is 11.3 Å². The summed E-state index contributed by atoms with van der Waals surface area (Å²) in [5, 5.41) is 8.77. The van der Waals surface area contributed by atoms with Gasteiger partial charge in [-0.3, -0.25) is 9.48 Å². The summed E-state index contributed by atoms with van der Waals surface area (Å²) in [6.45, 7) is 3.26. The van der Waals surface area contributed by atoms with E-state index in [9.17, 15) is 9.59 Å². The van der Waals surface area contributed by atoms with Crippen LogP contribution < -0.4 is 5.32 Å². The van der Waals surface area contributed by atoms with Crippen molar-refractivity contribution < 1.29 is 14.3 Å². The van der Waals surface area contributed by atoms with Crippen molar-refractivity contribution in [1.29, 1.82) is 0 Å². The van der Waals surface area contributed by atoms with E-state index in [1.807, 2.05) is 0 Å². The van der Waals surface area contributed by atoms with Crippen molar-refractivity contribution in [2.24, 2.45) is 7.05 Å². The topological polar surface area (TPSA) is 86.1 Å². The van der Waals surface area contributed by atoms with Gasteiger partial charge in [-0.05, 0) is 6.92 Å². The lowest BCUT2D eigenvalue weighted by molar-refractivity contribution is -0.114. The van der Waals surface area contributed by atoms with Gasteiger partial charge >= 0.3 is 5.97 Å². The van der Waals surface area contributed by atoms with Crippen LogP contribution in [0.25, 0.3) is 0 Å². The van der Waals surface area contributed by atoms with Crippen molar-refractivity contribution in [1.82, 2.24) is 14.8 Å². The number of anilines is 1. The lowest BCUT2D eigenvalue weighted by Gasteiger charge is -2.02. The second-order valence-corrected chi connectivity index (χ2v) is 5.03. The SMILES string of the molecule is CC(=O)Nc1nc(COC(=O)c2cnn(C)c2C)cs1. The van der Waals surface area contributed by atoms with Gasteiger partial charge in [-0.2, -0.15) is 5.10 Å². The molecule has 2 rings (SSSR count). The molecule has 0 spiro atoms. The summed E-state index contributed by atoms with van der Waals surface area (Å²) in [6.07, 6.45) is 1.47. The molecule has 106 valence electrons. The number of thiazole rings is 1. The molecule has 20 heavy (non-hydrogen) atoms. The zero-order chi connectivity index (χ0) is 14.7. The minimum atomic E-state index is -0.440. The Morgan fingerprint density at radius 1 is 1.50 bits per heavy atom. The average Bonchev–Trinajstić information content (AvgIpc) is 2.95. The first-order valence-corrected chi connectivity index (χ1v) is 6.73. The highest BCUT2D eigenvalue weighted by molar-refractivity contribution is 7.13. The molecule has 0 bridgehead atoms. The fourth-order valence-electron chi connectivity index (χ4n) is 1.50. The highest BCUT2D eigenvalue weighted by Crippen LogP contribution is 2.16. The number of ether oxygens (including phenoxy) is 1. The van der Waals surface area contributed by atoms with E-state index in [-0.39, 0.29) is 12.5 Å². The molecule has 8 heteroatoms. The molecule has 0 aliphatic heterocycles. The van der Waals surface area contributed by atoms with Gasteiger partial charge in [-0.15, -0.1) is 11.3 Å². The van der Waals surface area contributed by atoms with Crippen molar-refractivity contribution in [2.75, 3.05) is 5.32 Å². The Labute approximate surface area is 119 Å². The molecule has 0 radical (unpaired) electrons. The highest BCUT2D eigenvalue weighted by atomic mass is 32.1. The first kappa shape index (κ1) is 14.2. The minimum Gasteiger partial charge on any atom is -0.455 e. The lowest BCUT2D eigenvalue weighted by Crippen LogP contribution is -2.08. The number of carbonyl (C=O) groups is 2.